The number of rotatable bonds is 14. The molecule has 40 heavy (non-hydrogen) atoms. The summed E-state index contributed by atoms with van der Waals surface area (Å²) in [4.78, 5) is 29.1. The Morgan fingerprint density at radius 2 is 1.65 bits per heavy atom. The third kappa shape index (κ3) is 9.09. The highest BCUT2D eigenvalue weighted by molar-refractivity contribution is 9.10. The van der Waals surface area contributed by atoms with E-state index in [9.17, 15) is 18.0 Å². The molecule has 1 N–H and O–H groups in total. The van der Waals surface area contributed by atoms with Crippen LogP contribution in [0.5, 0.6) is 5.75 Å². The van der Waals surface area contributed by atoms with Crippen LogP contribution in [-0.4, -0.2) is 57.6 Å². The Hall–Kier alpha value is -3.37. The molecule has 0 saturated carbocycles. The monoisotopic (exact) mass is 629 g/mol. The Balaban J connectivity index is 2.02. The first-order chi connectivity index (χ1) is 19.1. The molecule has 0 heterocycles. The number of hydrogen-bond acceptors (Lipinski definition) is 5. The first-order valence-corrected chi connectivity index (χ1v) is 15.7. The maximum absolute atomic E-state index is 14.1. The molecule has 3 aromatic carbocycles. The molecule has 2 amide bonds. The van der Waals surface area contributed by atoms with Crippen LogP contribution in [0.25, 0.3) is 0 Å². The summed E-state index contributed by atoms with van der Waals surface area (Å²) in [7, 11) is -2.31. The Kier molecular flexibility index (Phi) is 11.6. The van der Waals surface area contributed by atoms with Crippen LogP contribution in [-0.2, 0) is 32.6 Å². The number of nitrogens with one attached hydrogen (secondary N) is 1. The number of amides is 2. The molecule has 0 bridgehead atoms. The van der Waals surface area contributed by atoms with Gasteiger partial charge in [-0.15, -0.1) is 0 Å². The molecular formula is C30H36BrN3O5S. The van der Waals surface area contributed by atoms with Crippen LogP contribution in [0, 0.1) is 0 Å². The number of ether oxygens (including phenoxy) is 1. The molecule has 10 heteroatoms. The first-order valence-electron chi connectivity index (χ1n) is 13.1. The van der Waals surface area contributed by atoms with Crippen molar-refractivity contribution in [2.75, 3.05) is 30.8 Å². The summed E-state index contributed by atoms with van der Waals surface area (Å²) in [5, 5.41) is 2.98. The van der Waals surface area contributed by atoms with Gasteiger partial charge >= 0.3 is 0 Å². The molecule has 0 aliphatic rings. The molecule has 0 radical (unpaired) electrons. The summed E-state index contributed by atoms with van der Waals surface area (Å²) >= 11 is 3.48. The molecule has 214 valence electrons. The molecule has 1 atom stereocenters. The van der Waals surface area contributed by atoms with E-state index in [1.165, 1.54) is 12.0 Å². The molecule has 0 saturated heterocycles. The van der Waals surface area contributed by atoms with Gasteiger partial charge in [-0.2, -0.15) is 0 Å². The van der Waals surface area contributed by atoms with Gasteiger partial charge in [0.25, 0.3) is 0 Å². The van der Waals surface area contributed by atoms with Crippen molar-refractivity contribution in [1.29, 1.82) is 0 Å². The lowest BCUT2D eigenvalue weighted by atomic mass is 10.0. The fraction of sp³-hybridized carbons (Fsp3) is 0.333. The molecule has 0 aliphatic carbocycles. The van der Waals surface area contributed by atoms with E-state index in [2.05, 4.69) is 21.2 Å². The predicted molar refractivity (Wildman–Crippen MR) is 162 cm³/mol. The fourth-order valence-corrected chi connectivity index (χ4v) is 5.55. The van der Waals surface area contributed by atoms with E-state index >= 15 is 0 Å². The summed E-state index contributed by atoms with van der Waals surface area (Å²) < 4.78 is 32.8. The molecular weight excluding hydrogens is 594 g/mol. The summed E-state index contributed by atoms with van der Waals surface area (Å²) in [6.07, 6.45) is 3.06. The second-order valence-corrected chi connectivity index (χ2v) is 12.3. The molecule has 0 spiro atoms. The third-order valence-electron chi connectivity index (χ3n) is 6.38. The third-order valence-corrected chi connectivity index (χ3v) is 8.02. The molecule has 0 aromatic heterocycles. The summed E-state index contributed by atoms with van der Waals surface area (Å²) in [5.41, 5.74) is 2.02. The zero-order valence-corrected chi connectivity index (χ0v) is 25.4. The number of benzene rings is 3. The van der Waals surface area contributed by atoms with Gasteiger partial charge in [0.05, 0.1) is 19.1 Å². The van der Waals surface area contributed by atoms with Gasteiger partial charge in [-0.1, -0.05) is 71.7 Å². The van der Waals surface area contributed by atoms with Crippen LogP contribution in [0.15, 0.2) is 83.3 Å². The molecule has 3 rings (SSSR count). The standard InChI is InChI=1S/C30H36BrN3O5S/c1-4-5-18-32-30(36)28(20-23-10-7-6-8-11-23)33(21-24-12-9-13-25(31)19-24)29(35)22-34(40(3,37)38)26-14-16-27(39-2)17-15-26/h6-17,19,28H,4-5,18,20-22H2,1-3H3,(H,32,36)/t28-/m0/s1. The van der Waals surface area contributed by atoms with Gasteiger partial charge in [-0.05, 0) is 53.9 Å². The number of carbonyl (C=O) groups excluding carboxylic acids is 2. The SMILES string of the molecule is CCCCNC(=O)[C@H](Cc1ccccc1)N(Cc1cccc(Br)c1)C(=O)CN(c1ccc(OC)cc1)S(C)(=O)=O. The van der Waals surface area contributed by atoms with Crippen molar-refractivity contribution in [3.8, 4) is 5.75 Å². The van der Waals surface area contributed by atoms with Crippen LogP contribution < -0.4 is 14.4 Å². The predicted octanol–water partition coefficient (Wildman–Crippen LogP) is 4.78. The highest BCUT2D eigenvalue weighted by Crippen LogP contribution is 2.23. The Labute approximate surface area is 245 Å². The average Bonchev–Trinajstić information content (AvgIpc) is 2.93. The Bertz CT molecular complexity index is 1370. The number of nitrogens with zero attached hydrogens (tertiary/aromatic N) is 2. The minimum absolute atomic E-state index is 0.122. The van der Waals surface area contributed by atoms with Gasteiger partial charge in [0.1, 0.15) is 18.3 Å². The summed E-state index contributed by atoms with van der Waals surface area (Å²) in [6.45, 7) is 2.18. The maximum atomic E-state index is 14.1. The number of unbranched alkanes of at least 4 members (excludes halogenated alkanes) is 1. The van der Waals surface area contributed by atoms with E-state index in [4.69, 9.17) is 4.74 Å². The van der Waals surface area contributed by atoms with E-state index in [-0.39, 0.29) is 18.9 Å². The van der Waals surface area contributed by atoms with E-state index in [1.807, 2.05) is 61.5 Å². The van der Waals surface area contributed by atoms with Crippen molar-refractivity contribution in [2.45, 2.75) is 38.8 Å². The summed E-state index contributed by atoms with van der Waals surface area (Å²) in [5.74, 6) is -0.213. The fourth-order valence-electron chi connectivity index (χ4n) is 4.25. The second-order valence-electron chi connectivity index (χ2n) is 9.47. The van der Waals surface area contributed by atoms with Crippen molar-refractivity contribution >= 4 is 43.5 Å². The highest BCUT2D eigenvalue weighted by Gasteiger charge is 2.33. The van der Waals surface area contributed by atoms with Crippen LogP contribution in [0.4, 0.5) is 5.69 Å². The number of halogens is 1. The van der Waals surface area contributed by atoms with Crippen molar-refractivity contribution in [3.05, 3.63) is 94.5 Å². The van der Waals surface area contributed by atoms with E-state index in [1.54, 1.807) is 24.3 Å². The summed E-state index contributed by atoms with van der Waals surface area (Å²) in [6, 6.07) is 22.6. The molecule has 8 nitrogen and oxygen atoms in total. The van der Waals surface area contributed by atoms with Gasteiger partial charge in [0, 0.05) is 24.0 Å². The van der Waals surface area contributed by atoms with Crippen molar-refractivity contribution in [1.82, 2.24) is 10.2 Å². The van der Waals surface area contributed by atoms with Crippen molar-refractivity contribution < 1.29 is 22.7 Å². The van der Waals surface area contributed by atoms with E-state index in [0.29, 0.717) is 18.0 Å². The van der Waals surface area contributed by atoms with Gasteiger partial charge in [-0.3, -0.25) is 13.9 Å². The quantitative estimate of drug-likeness (QED) is 0.259. The van der Waals surface area contributed by atoms with Crippen LogP contribution >= 0.6 is 15.9 Å². The van der Waals surface area contributed by atoms with Crippen LogP contribution in [0.2, 0.25) is 0 Å². The number of sulfonamides is 1. The molecule has 0 fully saturated rings. The zero-order valence-electron chi connectivity index (χ0n) is 23.0. The zero-order chi connectivity index (χ0) is 29.1. The lowest BCUT2D eigenvalue weighted by Gasteiger charge is -2.33. The number of anilines is 1. The Morgan fingerprint density at radius 3 is 2.25 bits per heavy atom. The van der Waals surface area contributed by atoms with Gasteiger partial charge in [-0.25, -0.2) is 8.42 Å². The Morgan fingerprint density at radius 1 is 0.975 bits per heavy atom. The number of methoxy groups -OCH3 is 1. The van der Waals surface area contributed by atoms with E-state index in [0.717, 1.165) is 39.0 Å². The van der Waals surface area contributed by atoms with Crippen LogP contribution in [0.3, 0.4) is 0 Å². The maximum Gasteiger partial charge on any atom is 0.244 e. The smallest absolute Gasteiger partial charge is 0.244 e. The average molecular weight is 631 g/mol. The van der Waals surface area contributed by atoms with Crippen LogP contribution in [0.1, 0.15) is 30.9 Å². The largest absolute Gasteiger partial charge is 0.497 e. The van der Waals surface area contributed by atoms with Gasteiger partial charge < -0.3 is 15.0 Å². The second kappa shape index (κ2) is 14.9. The molecule has 3 aromatic rings. The molecule has 0 unspecified atom stereocenters. The first kappa shape index (κ1) is 31.2. The normalized spacial score (nSPS) is 11.9. The van der Waals surface area contributed by atoms with Gasteiger partial charge in [0.15, 0.2) is 0 Å². The minimum atomic E-state index is -3.83. The number of carbonyl (C=O) groups is 2. The molecule has 0 aliphatic heterocycles. The van der Waals surface area contributed by atoms with Crippen molar-refractivity contribution in [2.24, 2.45) is 0 Å². The van der Waals surface area contributed by atoms with Gasteiger partial charge in [0.2, 0.25) is 21.8 Å². The topological polar surface area (TPSA) is 96.0 Å². The lowest BCUT2D eigenvalue weighted by Crippen LogP contribution is -2.53. The van der Waals surface area contributed by atoms with E-state index < -0.39 is 28.5 Å². The van der Waals surface area contributed by atoms with Crippen molar-refractivity contribution in [3.63, 3.8) is 0 Å². The highest BCUT2D eigenvalue weighted by atomic mass is 79.9. The lowest BCUT2D eigenvalue weighted by molar-refractivity contribution is -0.140. The number of hydrogen-bond donors (Lipinski definition) is 1. The minimum Gasteiger partial charge on any atom is -0.497 e.